The smallest absolute Gasteiger partial charge is 0.233 e. The quantitative estimate of drug-likeness (QED) is 0.641. The zero-order valence-corrected chi connectivity index (χ0v) is 18.2. The number of rotatable bonds is 7. The van der Waals surface area contributed by atoms with E-state index in [0.717, 1.165) is 38.8 Å². The van der Waals surface area contributed by atoms with E-state index in [1.165, 1.54) is 16.2 Å². The fraction of sp³-hybridized carbons (Fsp3) is 0.333. The van der Waals surface area contributed by atoms with Crippen molar-refractivity contribution >= 4 is 44.2 Å². The fourth-order valence-electron chi connectivity index (χ4n) is 2.88. The van der Waals surface area contributed by atoms with E-state index in [1.54, 1.807) is 12.0 Å². The van der Waals surface area contributed by atoms with E-state index in [2.05, 4.69) is 14.1 Å². The van der Waals surface area contributed by atoms with Crippen LogP contribution in [0.1, 0.15) is 11.1 Å². The van der Waals surface area contributed by atoms with Crippen molar-refractivity contribution in [1.82, 2.24) is 4.98 Å². The number of fused-ring (bicyclic) bond motifs is 1. The average molecular weight is 419 g/mol. The summed E-state index contributed by atoms with van der Waals surface area (Å²) in [4.78, 5) is 21.0. The molecule has 1 aromatic heterocycles. The third-order valence-corrected chi connectivity index (χ3v) is 6.07. The number of ether oxygens (including phenoxy) is 1. The molecule has 3 aromatic rings. The van der Waals surface area contributed by atoms with Gasteiger partial charge in [-0.1, -0.05) is 35.1 Å². The van der Waals surface area contributed by atoms with Gasteiger partial charge in [0.2, 0.25) is 5.91 Å². The first-order valence-corrected chi connectivity index (χ1v) is 10.4. The van der Waals surface area contributed by atoms with Crippen LogP contribution >= 0.6 is 22.9 Å². The molecule has 3 rings (SSSR count). The maximum absolute atomic E-state index is 13.1. The number of quaternary nitrogens is 1. The number of thiazole rings is 1. The van der Waals surface area contributed by atoms with Gasteiger partial charge >= 0.3 is 0 Å². The number of nitrogens with zero attached hydrogens (tertiary/aromatic N) is 2. The molecule has 0 saturated heterocycles. The molecule has 0 saturated carbocycles. The molecule has 148 valence electrons. The summed E-state index contributed by atoms with van der Waals surface area (Å²) in [5.41, 5.74) is 2.77. The van der Waals surface area contributed by atoms with Crippen molar-refractivity contribution < 1.29 is 14.4 Å². The molecule has 0 aliphatic carbocycles. The van der Waals surface area contributed by atoms with Crippen molar-refractivity contribution in [2.75, 3.05) is 39.2 Å². The maximum Gasteiger partial charge on any atom is 0.233 e. The molecule has 0 spiro atoms. The maximum atomic E-state index is 13.1. The summed E-state index contributed by atoms with van der Waals surface area (Å²) < 4.78 is 6.23. The lowest BCUT2D eigenvalue weighted by Crippen LogP contribution is -3.06. The minimum absolute atomic E-state index is 0.0363. The lowest BCUT2D eigenvalue weighted by atomic mass is 10.1. The SMILES string of the molecule is COc1ccc(CC(=O)N(CC[NH+](C)C)c2nc3c(C)c(Cl)ccc3s2)cc1. The second-order valence-electron chi connectivity index (χ2n) is 7.04. The van der Waals surface area contributed by atoms with Crippen LogP contribution in [0.4, 0.5) is 5.13 Å². The second kappa shape index (κ2) is 8.90. The van der Waals surface area contributed by atoms with Crippen molar-refractivity contribution in [3.8, 4) is 5.75 Å². The minimum Gasteiger partial charge on any atom is -0.497 e. The number of hydrogen-bond acceptors (Lipinski definition) is 4. The number of hydrogen-bond donors (Lipinski definition) is 1. The predicted octanol–water partition coefficient (Wildman–Crippen LogP) is 2.99. The number of aryl methyl sites for hydroxylation is 1. The molecule has 0 unspecified atom stereocenters. The number of halogens is 1. The zero-order valence-electron chi connectivity index (χ0n) is 16.6. The number of anilines is 1. The van der Waals surface area contributed by atoms with Gasteiger partial charge in [-0.25, -0.2) is 4.98 Å². The first kappa shape index (κ1) is 20.6. The normalized spacial score (nSPS) is 11.2. The Kier molecular flexibility index (Phi) is 6.54. The molecule has 0 fully saturated rings. The van der Waals surface area contributed by atoms with Crippen LogP contribution in [0.5, 0.6) is 5.75 Å². The Bertz CT molecular complexity index is 970. The molecule has 7 heteroatoms. The summed E-state index contributed by atoms with van der Waals surface area (Å²) in [6, 6.07) is 11.5. The van der Waals surface area contributed by atoms with Gasteiger partial charge in [-0.2, -0.15) is 0 Å². The summed E-state index contributed by atoms with van der Waals surface area (Å²) in [7, 11) is 5.79. The first-order valence-electron chi connectivity index (χ1n) is 9.17. The number of benzene rings is 2. The molecule has 2 aromatic carbocycles. The van der Waals surface area contributed by atoms with Crippen molar-refractivity contribution in [2.45, 2.75) is 13.3 Å². The molecule has 0 aliphatic heterocycles. The van der Waals surface area contributed by atoms with Gasteiger partial charge in [0.1, 0.15) is 5.75 Å². The third-order valence-electron chi connectivity index (χ3n) is 4.62. The highest BCUT2D eigenvalue weighted by molar-refractivity contribution is 7.22. The lowest BCUT2D eigenvalue weighted by molar-refractivity contribution is -0.856. The standard InChI is InChI=1S/C21H24ClN3O2S/c1-14-17(22)9-10-18-20(14)23-21(28-18)25(12-11-24(2)3)19(26)13-15-5-7-16(27-4)8-6-15/h5-10H,11-13H2,1-4H3/p+1. The van der Waals surface area contributed by atoms with Crippen LogP contribution < -0.4 is 14.5 Å². The molecule has 1 heterocycles. The average Bonchev–Trinajstić information content (AvgIpc) is 3.10. The Morgan fingerprint density at radius 3 is 2.57 bits per heavy atom. The number of likely N-dealkylation sites (N-methyl/N-ethyl adjacent to an activating group) is 1. The number of nitrogens with one attached hydrogen (secondary N) is 1. The van der Waals surface area contributed by atoms with Gasteiger partial charge in [0.05, 0.1) is 50.9 Å². The summed E-state index contributed by atoms with van der Waals surface area (Å²) in [5.74, 6) is 0.817. The summed E-state index contributed by atoms with van der Waals surface area (Å²) in [6.07, 6.45) is 0.322. The predicted molar refractivity (Wildman–Crippen MR) is 116 cm³/mol. The van der Waals surface area contributed by atoms with Crippen LogP contribution in [0.3, 0.4) is 0 Å². The molecule has 0 aliphatic rings. The van der Waals surface area contributed by atoms with Crippen LogP contribution in [-0.2, 0) is 11.2 Å². The Balaban J connectivity index is 1.89. The highest BCUT2D eigenvalue weighted by Crippen LogP contribution is 2.33. The van der Waals surface area contributed by atoms with Gasteiger partial charge in [-0.05, 0) is 42.3 Å². The van der Waals surface area contributed by atoms with Crippen molar-refractivity contribution in [2.24, 2.45) is 0 Å². The number of methoxy groups -OCH3 is 1. The van der Waals surface area contributed by atoms with Crippen LogP contribution in [0.2, 0.25) is 5.02 Å². The van der Waals surface area contributed by atoms with Crippen molar-refractivity contribution in [3.05, 3.63) is 52.5 Å². The highest BCUT2D eigenvalue weighted by atomic mass is 35.5. The topological polar surface area (TPSA) is 46.9 Å². The van der Waals surface area contributed by atoms with Crippen LogP contribution in [0, 0.1) is 6.92 Å². The van der Waals surface area contributed by atoms with Gasteiger partial charge in [0.25, 0.3) is 0 Å². The van der Waals surface area contributed by atoms with Crippen LogP contribution in [0.15, 0.2) is 36.4 Å². The van der Waals surface area contributed by atoms with Crippen molar-refractivity contribution in [3.63, 3.8) is 0 Å². The number of amides is 1. The Labute approximate surface area is 174 Å². The largest absolute Gasteiger partial charge is 0.497 e. The molecule has 1 N–H and O–H groups in total. The Morgan fingerprint density at radius 2 is 1.93 bits per heavy atom. The number of carbonyl (C=O) groups excluding carboxylic acids is 1. The Hall–Kier alpha value is -2.15. The van der Waals surface area contributed by atoms with Crippen LogP contribution in [0.25, 0.3) is 10.2 Å². The zero-order chi connectivity index (χ0) is 20.3. The van der Waals surface area contributed by atoms with E-state index in [-0.39, 0.29) is 5.91 Å². The molecule has 5 nitrogen and oxygen atoms in total. The monoisotopic (exact) mass is 418 g/mol. The van der Waals surface area contributed by atoms with Crippen LogP contribution in [-0.4, -0.2) is 45.2 Å². The van der Waals surface area contributed by atoms with E-state index >= 15 is 0 Å². The van der Waals surface area contributed by atoms with Gasteiger partial charge in [0, 0.05) is 5.02 Å². The first-order chi connectivity index (χ1) is 13.4. The van der Waals surface area contributed by atoms with Gasteiger partial charge in [0.15, 0.2) is 5.13 Å². The minimum atomic E-state index is 0.0363. The van der Waals surface area contributed by atoms with E-state index in [0.29, 0.717) is 18.0 Å². The fourth-order valence-corrected chi connectivity index (χ4v) is 4.10. The number of carbonyl (C=O) groups is 1. The Morgan fingerprint density at radius 1 is 1.21 bits per heavy atom. The van der Waals surface area contributed by atoms with E-state index in [9.17, 15) is 4.79 Å². The molecule has 28 heavy (non-hydrogen) atoms. The van der Waals surface area contributed by atoms with Gasteiger partial charge < -0.3 is 9.64 Å². The van der Waals surface area contributed by atoms with Gasteiger partial charge in [-0.3, -0.25) is 9.69 Å². The van der Waals surface area contributed by atoms with E-state index in [4.69, 9.17) is 21.3 Å². The molecular weight excluding hydrogens is 394 g/mol. The second-order valence-corrected chi connectivity index (χ2v) is 8.46. The summed E-state index contributed by atoms with van der Waals surface area (Å²) >= 11 is 7.78. The van der Waals surface area contributed by atoms with E-state index < -0.39 is 0 Å². The molecule has 0 atom stereocenters. The number of aromatic nitrogens is 1. The summed E-state index contributed by atoms with van der Waals surface area (Å²) in [5, 5.41) is 1.42. The molecule has 0 radical (unpaired) electrons. The van der Waals surface area contributed by atoms with E-state index in [1.807, 2.05) is 43.3 Å². The summed E-state index contributed by atoms with van der Waals surface area (Å²) in [6.45, 7) is 3.41. The van der Waals surface area contributed by atoms with Gasteiger partial charge in [-0.15, -0.1) is 0 Å². The lowest BCUT2D eigenvalue weighted by Gasteiger charge is -2.20. The highest BCUT2D eigenvalue weighted by Gasteiger charge is 2.22. The third kappa shape index (κ3) is 4.63. The molecule has 1 amide bonds. The molecule has 0 bridgehead atoms. The van der Waals surface area contributed by atoms with Crippen molar-refractivity contribution in [1.29, 1.82) is 0 Å². The molecular formula is C21H25ClN3O2S+.